The van der Waals surface area contributed by atoms with Gasteiger partial charge in [0.05, 0.1) is 11.3 Å². The molecule has 0 aliphatic carbocycles. The van der Waals surface area contributed by atoms with Crippen molar-refractivity contribution in [3.63, 3.8) is 0 Å². The summed E-state index contributed by atoms with van der Waals surface area (Å²) >= 11 is 1.64. The average Bonchev–Trinajstić information content (AvgIpc) is 2.92. The zero-order chi connectivity index (χ0) is 14.4. The number of benzene rings is 1. The second kappa shape index (κ2) is 6.72. The molecule has 2 rings (SSSR count). The van der Waals surface area contributed by atoms with E-state index in [1.807, 2.05) is 17.5 Å². The molecule has 0 saturated carbocycles. The maximum atomic E-state index is 11.7. The van der Waals surface area contributed by atoms with Gasteiger partial charge >= 0.3 is 12.0 Å². The number of hydrogen-bond acceptors (Lipinski definition) is 3. The highest BCUT2D eigenvalue weighted by Crippen LogP contribution is 2.14. The molecule has 1 aromatic carbocycles. The zero-order valence-electron chi connectivity index (χ0n) is 10.6. The lowest BCUT2D eigenvalue weighted by Crippen LogP contribution is -2.30. The first-order valence-corrected chi connectivity index (χ1v) is 6.94. The molecular weight excluding hydrogens is 276 g/mol. The first kappa shape index (κ1) is 14.1. The molecule has 0 bridgehead atoms. The van der Waals surface area contributed by atoms with Crippen LogP contribution in [0, 0.1) is 0 Å². The van der Waals surface area contributed by atoms with E-state index in [1.165, 1.54) is 10.9 Å². The molecule has 0 aliphatic rings. The molecule has 0 unspecified atom stereocenters. The fourth-order valence-corrected chi connectivity index (χ4v) is 2.41. The van der Waals surface area contributed by atoms with Crippen molar-refractivity contribution in [2.75, 3.05) is 11.9 Å². The minimum atomic E-state index is -1.07. The molecule has 1 aromatic heterocycles. The van der Waals surface area contributed by atoms with Gasteiger partial charge in [-0.05, 0) is 30.0 Å². The van der Waals surface area contributed by atoms with Crippen LogP contribution in [0.3, 0.4) is 0 Å². The van der Waals surface area contributed by atoms with Crippen LogP contribution >= 0.6 is 11.3 Å². The van der Waals surface area contributed by atoms with Gasteiger partial charge in [0.2, 0.25) is 0 Å². The number of anilines is 1. The Bertz CT molecular complexity index is 596. The first-order valence-electron chi connectivity index (χ1n) is 6.06. The first-order chi connectivity index (χ1) is 9.66. The van der Waals surface area contributed by atoms with Gasteiger partial charge < -0.3 is 15.7 Å². The fraction of sp³-hybridized carbons (Fsp3) is 0.143. The zero-order valence-corrected chi connectivity index (χ0v) is 11.4. The van der Waals surface area contributed by atoms with Crippen molar-refractivity contribution in [1.82, 2.24) is 5.32 Å². The van der Waals surface area contributed by atoms with Gasteiger partial charge in [-0.3, -0.25) is 0 Å². The standard InChI is InChI=1S/C14H14N2O3S/c17-13(18)11-5-1-2-6-12(11)16-14(19)15-8-7-10-4-3-9-20-10/h1-6,9H,7-8H2,(H,17,18)(H2,15,16,19). The SMILES string of the molecule is O=C(NCCc1cccs1)Nc1ccccc1C(=O)O. The summed E-state index contributed by atoms with van der Waals surface area (Å²) in [4.78, 5) is 23.9. The summed E-state index contributed by atoms with van der Waals surface area (Å²) in [5, 5.41) is 16.2. The maximum Gasteiger partial charge on any atom is 0.337 e. The molecule has 5 nitrogen and oxygen atoms in total. The lowest BCUT2D eigenvalue weighted by atomic mass is 10.2. The third-order valence-corrected chi connectivity index (χ3v) is 3.58. The van der Waals surface area contributed by atoms with E-state index in [0.29, 0.717) is 6.54 Å². The van der Waals surface area contributed by atoms with Gasteiger partial charge in [0, 0.05) is 11.4 Å². The van der Waals surface area contributed by atoms with Crippen molar-refractivity contribution in [2.24, 2.45) is 0 Å². The number of hydrogen-bond donors (Lipinski definition) is 3. The fourth-order valence-electron chi connectivity index (χ4n) is 1.70. The van der Waals surface area contributed by atoms with Crippen LogP contribution in [0.4, 0.5) is 10.5 Å². The molecule has 0 aliphatic heterocycles. The molecule has 0 fully saturated rings. The number of carboxylic acids is 1. The normalized spacial score (nSPS) is 10.0. The third-order valence-electron chi connectivity index (χ3n) is 2.64. The van der Waals surface area contributed by atoms with Crippen molar-refractivity contribution in [2.45, 2.75) is 6.42 Å². The summed E-state index contributed by atoms with van der Waals surface area (Å²) in [6.45, 7) is 0.502. The molecular formula is C14H14N2O3S. The van der Waals surface area contributed by atoms with Crippen molar-refractivity contribution in [3.8, 4) is 0 Å². The lowest BCUT2D eigenvalue weighted by Gasteiger charge is -2.09. The van der Waals surface area contributed by atoms with E-state index < -0.39 is 12.0 Å². The lowest BCUT2D eigenvalue weighted by molar-refractivity contribution is 0.0698. The van der Waals surface area contributed by atoms with E-state index in [2.05, 4.69) is 10.6 Å². The number of thiophene rings is 1. The molecule has 0 spiro atoms. The summed E-state index contributed by atoms with van der Waals surface area (Å²) in [5.41, 5.74) is 0.356. The van der Waals surface area contributed by atoms with Crippen LogP contribution in [-0.4, -0.2) is 23.7 Å². The summed E-state index contributed by atoms with van der Waals surface area (Å²) in [6.07, 6.45) is 0.756. The van der Waals surface area contributed by atoms with Crippen molar-refractivity contribution in [1.29, 1.82) is 0 Å². The second-order valence-corrected chi connectivity index (χ2v) is 5.09. The average molecular weight is 290 g/mol. The predicted octanol–water partition coefficient (Wildman–Crippen LogP) is 2.81. The van der Waals surface area contributed by atoms with Crippen LogP contribution in [0.15, 0.2) is 41.8 Å². The molecule has 0 atom stereocenters. The molecule has 0 radical (unpaired) electrons. The monoisotopic (exact) mass is 290 g/mol. The van der Waals surface area contributed by atoms with Crippen LogP contribution < -0.4 is 10.6 Å². The molecule has 2 amide bonds. The summed E-state index contributed by atoms with van der Waals surface area (Å²) in [6, 6.07) is 9.85. The highest BCUT2D eigenvalue weighted by atomic mass is 32.1. The Morgan fingerprint density at radius 3 is 2.65 bits per heavy atom. The molecule has 3 N–H and O–H groups in total. The number of aromatic carboxylic acids is 1. The number of carboxylic acid groups (broad SMARTS) is 1. The molecule has 20 heavy (non-hydrogen) atoms. The van der Waals surface area contributed by atoms with Crippen LogP contribution in [0.5, 0.6) is 0 Å². The van der Waals surface area contributed by atoms with Crippen LogP contribution in [-0.2, 0) is 6.42 Å². The summed E-state index contributed by atoms with van der Waals surface area (Å²) < 4.78 is 0. The van der Waals surface area contributed by atoms with Gasteiger partial charge in [0.1, 0.15) is 0 Å². The Hall–Kier alpha value is -2.34. The van der Waals surface area contributed by atoms with Crippen LogP contribution in [0.25, 0.3) is 0 Å². The third kappa shape index (κ3) is 3.83. The van der Waals surface area contributed by atoms with Gasteiger partial charge in [-0.25, -0.2) is 9.59 Å². The Kier molecular flexibility index (Phi) is 4.73. The molecule has 6 heteroatoms. The van der Waals surface area contributed by atoms with E-state index in [4.69, 9.17) is 5.11 Å². The Balaban J connectivity index is 1.87. The predicted molar refractivity (Wildman–Crippen MR) is 78.4 cm³/mol. The number of amides is 2. The quantitative estimate of drug-likeness (QED) is 0.792. The number of rotatable bonds is 5. The molecule has 104 valence electrons. The Morgan fingerprint density at radius 1 is 1.15 bits per heavy atom. The minimum absolute atomic E-state index is 0.0703. The number of para-hydroxylation sites is 1. The topological polar surface area (TPSA) is 78.4 Å². The number of carbonyl (C=O) groups is 2. The van der Waals surface area contributed by atoms with Gasteiger partial charge in [-0.2, -0.15) is 0 Å². The van der Waals surface area contributed by atoms with E-state index in [9.17, 15) is 9.59 Å². The number of nitrogens with one attached hydrogen (secondary N) is 2. The van der Waals surface area contributed by atoms with Gasteiger partial charge in [-0.15, -0.1) is 11.3 Å². The van der Waals surface area contributed by atoms with E-state index >= 15 is 0 Å². The van der Waals surface area contributed by atoms with Crippen molar-refractivity contribution in [3.05, 3.63) is 52.2 Å². The highest BCUT2D eigenvalue weighted by molar-refractivity contribution is 7.09. The largest absolute Gasteiger partial charge is 0.478 e. The maximum absolute atomic E-state index is 11.7. The number of carbonyl (C=O) groups excluding carboxylic acids is 1. The van der Waals surface area contributed by atoms with Crippen LogP contribution in [0.1, 0.15) is 15.2 Å². The van der Waals surface area contributed by atoms with Gasteiger partial charge in [0.25, 0.3) is 0 Å². The Morgan fingerprint density at radius 2 is 1.95 bits per heavy atom. The van der Waals surface area contributed by atoms with E-state index in [-0.39, 0.29) is 11.3 Å². The van der Waals surface area contributed by atoms with Crippen molar-refractivity contribution >= 4 is 29.0 Å². The minimum Gasteiger partial charge on any atom is -0.478 e. The summed E-state index contributed by atoms with van der Waals surface area (Å²) in [7, 11) is 0. The number of urea groups is 1. The van der Waals surface area contributed by atoms with E-state index in [1.54, 1.807) is 29.5 Å². The van der Waals surface area contributed by atoms with Crippen LogP contribution in [0.2, 0.25) is 0 Å². The second-order valence-electron chi connectivity index (χ2n) is 4.06. The molecule has 0 saturated heterocycles. The van der Waals surface area contributed by atoms with Crippen molar-refractivity contribution < 1.29 is 14.7 Å². The smallest absolute Gasteiger partial charge is 0.337 e. The summed E-state index contributed by atoms with van der Waals surface area (Å²) in [5.74, 6) is -1.07. The Labute approximate surface area is 120 Å². The molecule has 1 heterocycles. The molecule has 2 aromatic rings. The highest BCUT2D eigenvalue weighted by Gasteiger charge is 2.11. The van der Waals surface area contributed by atoms with Gasteiger partial charge in [-0.1, -0.05) is 18.2 Å². The van der Waals surface area contributed by atoms with E-state index in [0.717, 1.165) is 6.42 Å². The van der Waals surface area contributed by atoms with Gasteiger partial charge in [0.15, 0.2) is 0 Å².